The Labute approximate surface area is 211 Å². The van der Waals surface area contributed by atoms with Crippen molar-refractivity contribution < 1.29 is 14.0 Å². The molecule has 0 aliphatic rings. The number of para-hydroxylation sites is 1. The standard InChI is InChI=1S/C28H22N4O3S/c1-17-12-13-25(35-17)28(34)29-20-8-5-7-19(15-20)18(2)31-32-27(33)22-16-24(26-11-6-14-36-26)30-23-10-4-3-9-21(22)23/h3-16H,1-2H3,(H,29,34)(H,32,33)/b31-18+. The fourth-order valence-electron chi connectivity index (χ4n) is 3.74. The summed E-state index contributed by atoms with van der Waals surface area (Å²) in [6.07, 6.45) is 0. The van der Waals surface area contributed by atoms with E-state index in [2.05, 4.69) is 15.8 Å². The van der Waals surface area contributed by atoms with Gasteiger partial charge in [-0.1, -0.05) is 36.4 Å². The van der Waals surface area contributed by atoms with Crippen LogP contribution in [0, 0.1) is 6.92 Å². The van der Waals surface area contributed by atoms with Crippen LogP contribution >= 0.6 is 11.3 Å². The first kappa shape index (κ1) is 23.2. The molecule has 2 aromatic carbocycles. The van der Waals surface area contributed by atoms with Crippen molar-refractivity contribution in [2.24, 2.45) is 5.10 Å². The van der Waals surface area contributed by atoms with E-state index in [0.717, 1.165) is 27.0 Å². The summed E-state index contributed by atoms with van der Waals surface area (Å²) in [6, 6.07) is 23.9. The van der Waals surface area contributed by atoms with Crippen molar-refractivity contribution in [2.75, 3.05) is 5.32 Å². The van der Waals surface area contributed by atoms with Crippen LogP contribution in [-0.4, -0.2) is 22.5 Å². The number of aryl methyl sites for hydroxylation is 1. The zero-order valence-electron chi connectivity index (χ0n) is 19.6. The Hall–Kier alpha value is -4.56. The van der Waals surface area contributed by atoms with Crippen molar-refractivity contribution in [2.45, 2.75) is 13.8 Å². The summed E-state index contributed by atoms with van der Waals surface area (Å²) in [7, 11) is 0. The van der Waals surface area contributed by atoms with Crippen LogP contribution in [0.4, 0.5) is 5.69 Å². The highest BCUT2D eigenvalue weighted by Crippen LogP contribution is 2.28. The minimum atomic E-state index is -0.339. The van der Waals surface area contributed by atoms with E-state index in [4.69, 9.17) is 9.40 Å². The number of fused-ring (bicyclic) bond motifs is 1. The fraction of sp³-hybridized carbons (Fsp3) is 0.0714. The van der Waals surface area contributed by atoms with Gasteiger partial charge in [-0.2, -0.15) is 5.10 Å². The molecule has 3 heterocycles. The Morgan fingerprint density at radius 2 is 1.81 bits per heavy atom. The van der Waals surface area contributed by atoms with Crippen LogP contribution in [0.1, 0.15) is 39.2 Å². The second-order valence-electron chi connectivity index (χ2n) is 8.13. The number of nitrogens with zero attached hydrogens (tertiary/aromatic N) is 2. The monoisotopic (exact) mass is 494 g/mol. The zero-order chi connectivity index (χ0) is 25.1. The summed E-state index contributed by atoms with van der Waals surface area (Å²) >= 11 is 1.57. The van der Waals surface area contributed by atoms with Crippen molar-refractivity contribution >= 4 is 45.5 Å². The number of amides is 2. The van der Waals surface area contributed by atoms with Gasteiger partial charge in [0.05, 0.1) is 27.4 Å². The van der Waals surface area contributed by atoms with E-state index in [0.29, 0.717) is 22.7 Å². The average molecular weight is 495 g/mol. The van der Waals surface area contributed by atoms with E-state index in [1.54, 1.807) is 55.5 Å². The van der Waals surface area contributed by atoms with Crippen LogP contribution in [-0.2, 0) is 0 Å². The van der Waals surface area contributed by atoms with E-state index in [9.17, 15) is 9.59 Å². The fourth-order valence-corrected chi connectivity index (χ4v) is 4.43. The number of rotatable bonds is 6. The van der Waals surface area contributed by atoms with Gasteiger partial charge in [0.2, 0.25) is 0 Å². The Morgan fingerprint density at radius 3 is 2.58 bits per heavy atom. The quantitative estimate of drug-likeness (QED) is 0.215. The first-order chi connectivity index (χ1) is 17.5. The molecule has 7 nitrogen and oxygen atoms in total. The first-order valence-corrected chi connectivity index (χ1v) is 12.1. The van der Waals surface area contributed by atoms with Gasteiger partial charge in [0.1, 0.15) is 5.76 Å². The number of thiophene rings is 1. The number of aromatic nitrogens is 1. The third-order valence-electron chi connectivity index (χ3n) is 5.56. The zero-order valence-corrected chi connectivity index (χ0v) is 20.4. The summed E-state index contributed by atoms with van der Waals surface area (Å²) in [6.45, 7) is 3.57. The molecule has 0 saturated carbocycles. The minimum Gasteiger partial charge on any atom is -0.456 e. The van der Waals surface area contributed by atoms with Gasteiger partial charge in [-0.15, -0.1) is 11.3 Å². The normalized spacial score (nSPS) is 11.4. The molecule has 0 unspecified atom stereocenters. The van der Waals surface area contributed by atoms with Gasteiger partial charge in [-0.25, -0.2) is 10.4 Å². The maximum absolute atomic E-state index is 13.2. The number of pyridine rings is 1. The number of carbonyl (C=O) groups is 2. The van der Waals surface area contributed by atoms with Crippen LogP contribution in [0.2, 0.25) is 0 Å². The Bertz CT molecular complexity index is 1600. The van der Waals surface area contributed by atoms with Crippen LogP contribution < -0.4 is 10.7 Å². The van der Waals surface area contributed by atoms with Gasteiger partial charge in [-0.3, -0.25) is 9.59 Å². The van der Waals surface area contributed by atoms with Crippen LogP contribution in [0.3, 0.4) is 0 Å². The molecule has 2 N–H and O–H groups in total. The van der Waals surface area contributed by atoms with Crippen molar-refractivity contribution in [1.29, 1.82) is 0 Å². The summed E-state index contributed by atoms with van der Waals surface area (Å²) in [5.74, 6) is 0.233. The number of anilines is 1. The summed E-state index contributed by atoms with van der Waals surface area (Å²) < 4.78 is 5.38. The Morgan fingerprint density at radius 1 is 0.944 bits per heavy atom. The van der Waals surface area contributed by atoms with Crippen molar-refractivity contribution in [3.8, 4) is 10.6 Å². The lowest BCUT2D eigenvalue weighted by atomic mass is 10.1. The third kappa shape index (κ3) is 4.94. The smallest absolute Gasteiger partial charge is 0.291 e. The van der Waals surface area contributed by atoms with Crippen molar-refractivity contribution in [3.05, 3.63) is 107 Å². The topological polar surface area (TPSA) is 96.6 Å². The van der Waals surface area contributed by atoms with Gasteiger partial charge in [0.15, 0.2) is 5.76 Å². The molecule has 0 fully saturated rings. The molecule has 0 aliphatic heterocycles. The average Bonchev–Trinajstić information content (AvgIpc) is 3.59. The van der Waals surface area contributed by atoms with Crippen LogP contribution in [0.25, 0.3) is 21.5 Å². The molecule has 3 aromatic heterocycles. The van der Waals surface area contributed by atoms with Crippen LogP contribution in [0.15, 0.2) is 93.8 Å². The highest BCUT2D eigenvalue weighted by molar-refractivity contribution is 7.13. The second-order valence-corrected chi connectivity index (χ2v) is 9.08. The molecular formula is C28H22N4O3S. The molecule has 0 radical (unpaired) electrons. The van der Waals surface area contributed by atoms with E-state index in [1.165, 1.54) is 0 Å². The maximum Gasteiger partial charge on any atom is 0.291 e. The minimum absolute atomic E-state index is 0.238. The molecule has 0 spiro atoms. The number of benzene rings is 2. The number of hydrogen-bond donors (Lipinski definition) is 2. The lowest BCUT2D eigenvalue weighted by Crippen LogP contribution is -2.20. The summed E-state index contributed by atoms with van der Waals surface area (Å²) in [5.41, 5.74) is 6.58. The molecule has 0 atom stereocenters. The highest BCUT2D eigenvalue weighted by Gasteiger charge is 2.15. The van der Waals surface area contributed by atoms with Gasteiger partial charge >= 0.3 is 0 Å². The highest BCUT2D eigenvalue weighted by atomic mass is 32.1. The SMILES string of the molecule is C/C(=N\NC(=O)c1cc(-c2cccs2)nc2ccccc12)c1cccc(NC(=O)c2ccc(C)o2)c1. The largest absolute Gasteiger partial charge is 0.456 e. The van der Waals surface area contributed by atoms with E-state index in [1.807, 2.05) is 53.9 Å². The molecule has 8 heteroatoms. The van der Waals surface area contributed by atoms with Gasteiger partial charge in [0, 0.05) is 11.1 Å². The number of hydrazone groups is 1. The van der Waals surface area contributed by atoms with Gasteiger partial charge < -0.3 is 9.73 Å². The van der Waals surface area contributed by atoms with Crippen LogP contribution in [0.5, 0.6) is 0 Å². The number of nitrogens with one attached hydrogen (secondary N) is 2. The molecule has 5 aromatic rings. The summed E-state index contributed by atoms with van der Waals surface area (Å²) in [5, 5.41) is 9.86. The molecule has 5 rings (SSSR count). The van der Waals surface area contributed by atoms with Gasteiger partial charge in [0.25, 0.3) is 11.8 Å². The molecule has 36 heavy (non-hydrogen) atoms. The van der Waals surface area contributed by atoms with Crippen molar-refractivity contribution in [3.63, 3.8) is 0 Å². The molecule has 0 saturated heterocycles. The Balaban J connectivity index is 1.36. The lowest BCUT2D eigenvalue weighted by molar-refractivity contribution is 0.0955. The predicted molar refractivity (Wildman–Crippen MR) is 143 cm³/mol. The number of furan rings is 1. The number of hydrogen-bond acceptors (Lipinski definition) is 6. The lowest BCUT2D eigenvalue weighted by Gasteiger charge is -2.09. The maximum atomic E-state index is 13.2. The van der Waals surface area contributed by atoms with E-state index >= 15 is 0 Å². The first-order valence-electron chi connectivity index (χ1n) is 11.2. The molecule has 178 valence electrons. The summed E-state index contributed by atoms with van der Waals surface area (Å²) in [4.78, 5) is 31.3. The third-order valence-corrected chi connectivity index (χ3v) is 6.45. The Kier molecular flexibility index (Phi) is 6.42. The predicted octanol–water partition coefficient (Wildman–Crippen LogP) is 6.27. The van der Waals surface area contributed by atoms with Crippen molar-refractivity contribution in [1.82, 2.24) is 10.4 Å². The molecular weight excluding hydrogens is 472 g/mol. The number of carbonyl (C=O) groups excluding carboxylic acids is 2. The molecule has 0 aliphatic carbocycles. The van der Waals surface area contributed by atoms with E-state index < -0.39 is 0 Å². The van der Waals surface area contributed by atoms with Gasteiger partial charge in [-0.05, 0) is 67.3 Å². The van der Waals surface area contributed by atoms with E-state index in [-0.39, 0.29) is 17.6 Å². The second kappa shape index (κ2) is 9.97. The molecule has 2 amide bonds. The molecule has 0 bridgehead atoms.